The molecular formula is C14H13ClN2O. The summed E-state index contributed by atoms with van der Waals surface area (Å²) in [7, 11) is 0. The van der Waals surface area contributed by atoms with Crippen molar-refractivity contribution in [3.63, 3.8) is 0 Å². The van der Waals surface area contributed by atoms with Crippen LogP contribution in [0.2, 0.25) is 5.02 Å². The van der Waals surface area contributed by atoms with Crippen molar-refractivity contribution in [2.45, 2.75) is 13.8 Å². The lowest BCUT2D eigenvalue weighted by atomic mass is 10.2. The Balaban J connectivity index is 2.38. The van der Waals surface area contributed by atoms with E-state index in [4.69, 9.17) is 11.6 Å². The molecule has 0 aliphatic heterocycles. The van der Waals surface area contributed by atoms with Gasteiger partial charge in [-0.25, -0.2) is 4.68 Å². The topological polar surface area (TPSA) is 34.4 Å². The van der Waals surface area contributed by atoms with Crippen molar-refractivity contribution in [3.05, 3.63) is 68.6 Å². The van der Waals surface area contributed by atoms with Gasteiger partial charge in [0.15, 0.2) is 0 Å². The summed E-state index contributed by atoms with van der Waals surface area (Å²) in [5, 5.41) is 4.82. The molecule has 2 aromatic rings. The van der Waals surface area contributed by atoms with Crippen molar-refractivity contribution >= 4 is 17.8 Å². The molecular weight excluding hydrogens is 248 g/mol. The molecule has 1 heterocycles. The second-order valence-electron chi connectivity index (χ2n) is 4.12. The van der Waals surface area contributed by atoms with E-state index in [0.29, 0.717) is 5.02 Å². The largest absolute Gasteiger partial charge is 0.271 e. The summed E-state index contributed by atoms with van der Waals surface area (Å²) < 4.78 is 1.37. The van der Waals surface area contributed by atoms with Gasteiger partial charge in [-0.2, -0.15) is 5.10 Å². The maximum atomic E-state index is 11.8. The van der Waals surface area contributed by atoms with Crippen LogP contribution < -0.4 is 5.56 Å². The van der Waals surface area contributed by atoms with Crippen LogP contribution >= 0.6 is 11.6 Å². The summed E-state index contributed by atoms with van der Waals surface area (Å²) >= 11 is 5.88. The van der Waals surface area contributed by atoms with Gasteiger partial charge in [0.1, 0.15) is 0 Å². The van der Waals surface area contributed by atoms with Crippen molar-refractivity contribution in [2.75, 3.05) is 0 Å². The fraction of sp³-hybridized carbons (Fsp3) is 0.143. The lowest BCUT2D eigenvalue weighted by molar-refractivity contribution is 0.791. The molecule has 0 aliphatic rings. The zero-order chi connectivity index (χ0) is 13.1. The minimum Gasteiger partial charge on any atom is -0.267 e. The molecule has 0 unspecified atom stereocenters. The minimum absolute atomic E-state index is 0.134. The number of halogens is 1. The Hall–Kier alpha value is -1.87. The zero-order valence-electron chi connectivity index (χ0n) is 10.2. The third-order valence-corrected chi connectivity index (χ3v) is 2.74. The smallest absolute Gasteiger partial charge is 0.267 e. The monoisotopic (exact) mass is 260 g/mol. The molecule has 0 aliphatic carbocycles. The SMILES string of the molecule is Cc1cc(C)n(/N=C/c2cccc(Cl)c2)c(=O)c1. The predicted octanol–water partition coefficient (Wildman–Crippen LogP) is 3.00. The molecule has 1 aromatic heterocycles. The third-order valence-electron chi connectivity index (χ3n) is 2.50. The third kappa shape index (κ3) is 2.87. The molecule has 18 heavy (non-hydrogen) atoms. The molecule has 0 atom stereocenters. The van der Waals surface area contributed by atoms with Crippen LogP contribution in [0.4, 0.5) is 0 Å². The van der Waals surface area contributed by atoms with Crippen molar-refractivity contribution in [1.29, 1.82) is 0 Å². The summed E-state index contributed by atoms with van der Waals surface area (Å²) in [6.07, 6.45) is 1.62. The van der Waals surface area contributed by atoms with Crippen LogP contribution in [0.3, 0.4) is 0 Å². The van der Waals surface area contributed by atoms with Gasteiger partial charge in [0, 0.05) is 16.8 Å². The first-order chi connectivity index (χ1) is 8.56. The van der Waals surface area contributed by atoms with E-state index in [1.165, 1.54) is 4.68 Å². The van der Waals surface area contributed by atoms with Gasteiger partial charge in [-0.15, -0.1) is 0 Å². The summed E-state index contributed by atoms with van der Waals surface area (Å²) in [5.74, 6) is 0. The van der Waals surface area contributed by atoms with Crippen molar-refractivity contribution in [1.82, 2.24) is 4.68 Å². The summed E-state index contributed by atoms with van der Waals surface area (Å²) in [6.45, 7) is 3.74. The minimum atomic E-state index is -0.134. The molecule has 92 valence electrons. The Morgan fingerprint density at radius 1 is 1.22 bits per heavy atom. The van der Waals surface area contributed by atoms with E-state index in [9.17, 15) is 4.79 Å². The zero-order valence-corrected chi connectivity index (χ0v) is 11.0. The second kappa shape index (κ2) is 5.19. The first kappa shape index (κ1) is 12.6. The molecule has 0 N–H and O–H groups in total. The highest BCUT2D eigenvalue weighted by atomic mass is 35.5. The quantitative estimate of drug-likeness (QED) is 0.765. The Kier molecular flexibility index (Phi) is 3.63. The first-order valence-electron chi connectivity index (χ1n) is 5.56. The maximum absolute atomic E-state index is 11.8. The Morgan fingerprint density at radius 3 is 2.67 bits per heavy atom. The summed E-state index contributed by atoms with van der Waals surface area (Å²) in [4.78, 5) is 11.8. The normalized spacial score (nSPS) is 11.1. The fourth-order valence-electron chi connectivity index (χ4n) is 1.72. The van der Waals surface area contributed by atoms with Gasteiger partial charge in [-0.3, -0.25) is 4.79 Å². The molecule has 0 amide bonds. The molecule has 0 bridgehead atoms. The predicted molar refractivity (Wildman–Crippen MR) is 74.6 cm³/mol. The average Bonchev–Trinajstić information content (AvgIpc) is 2.27. The van der Waals surface area contributed by atoms with Crippen molar-refractivity contribution in [2.24, 2.45) is 5.10 Å². The fourth-order valence-corrected chi connectivity index (χ4v) is 1.92. The molecule has 0 radical (unpaired) electrons. The van der Waals surface area contributed by atoms with Gasteiger partial charge in [0.25, 0.3) is 5.56 Å². The molecule has 0 saturated heterocycles. The van der Waals surface area contributed by atoms with E-state index in [1.54, 1.807) is 24.4 Å². The van der Waals surface area contributed by atoms with Gasteiger partial charge in [0.05, 0.1) is 6.21 Å². The summed E-state index contributed by atoms with van der Waals surface area (Å²) in [5.41, 5.74) is 2.46. The average molecular weight is 261 g/mol. The number of nitrogens with zero attached hydrogens (tertiary/aromatic N) is 2. The highest BCUT2D eigenvalue weighted by Crippen LogP contribution is 2.09. The highest BCUT2D eigenvalue weighted by Gasteiger charge is 1.99. The number of benzene rings is 1. The standard InChI is InChI=1S/C14H13ClN2O/c1-10-6-11(2)17(14(18)7-10)16-9-12-4-3-5-13(15)8-12/h3-9H,1-2H3/b16-9+. The van der Waals surface area contributed by atoms with Gasteiger partial charge >= 0.3 is 0 Å². The van der Waals surface area contributed by atoms with Crippen LogP contribution in [0, 0.1) is 13.8 Å². The number of pyridine rings is 1. The van der Waals surface area contributed by atoms with Gasteiger partial charge in [-0.05, 0) is 43.2 Å². The van der Waals surface area contributed by atoms with Crippen LogP contribution in [-0.2, 0) is 0 Å². The van der Waals surface area contributed by atoms with Crippen LogP contribution in [0.15, 0.2) is 46.3 Å². The molecule has 4 heteroatoms. The van der Waals surface area contributed by atoms with E-state index >= 15 is 0 Å². The van der Waals surface area contributed by atoms with E-state index in [2.05, 4.69) is 5.10 Å². The number of hydrogen-bond acceptors (Lipinski definition) is 2. The second-order valence-corrected chi connectivity index (χ2v) is 4.56. The number of hydrogen-bond donors (Lipinski definition) is 0. The van der Waals surface area contributed by atoms with Crippen LogP contribution in [0.25, 0.3) is 0 Å². The maximum Gasteiger partial charge on any atom is 0.271 e. The number of rotatable bonds is 2. The van der Waals surface area contributed by atoms with E-state index in [-0.39, 0.29) is 5.56 Å². The molecule has 0 spiro atoms. The lowest BCUT2D eigenvalue weighted by Crippen LogP contribution is -2.18. The van der Waals surface area contributed by atoms with E-state index in [0.717, 1.165) is 16.8 Å². The Morgan fingerprint density at radius 2 is 2.00 bits per heavy atom. The molecule has 0 fully saturated rings. The van der Waals surface area contributed by atoms with Crippen molar-refractivity contribution < 1.29 is 0 Å². The van der Waals surface area contributed by atoms with Gasteiger partial charge in [0.2, 0.25) is 0 Å². The van der Waals surface area contributed by atoms with E-state index in [1.807, 2.05) is 32.0 Å². The molecule has 1 aromatic carbocycles. The number of aromatic nitrogens is 1. The van der Waals surface area contributed by atoms with Gasteiger partial charge < -0.3 is 0 Å². The van der Waals surface area contributed by atoms with E-state index < -0.39 is 0 Å². The lowest BCUT2D eigenvalue weighted by Gasteiger charge is -2.03. The number of aryl methyl sites for hydroxylation is 2. The van der Waals surface area contributed by atoms with Crippen LogP contribution in [0.5, 0.6) is 0 Å². The van der Waals surface area contributed by atoms with Crippen molar-refractivity contribution in [3.8, 4) is 0 Å². The molecule has 0 saturated carbocycles. The molecule has 3 nitrogen and oxygen atoms in total. The Bertz CT molecular complexity index is 659. The highest BCUT2D eigenvalue weighted by molar-refractivity contribution is 6.30. The Labute approximate surface area is 110 Å². The summed E-state index contributed by atoms with van der Waals surface area (Å²) in [6, 6.07) is 10.8. The first-order valence-corrected chi connectivity index (χ1v) is 5.94. The van der Waals surface area contributed by atoms with Crippen LogP contribution in [-0.4, -0.2) is 10.9 Å². The molecule has 2 rings (SSSR count). The van der Waals surface area contributed by atoms with Gasteiger partial charge in [-0.1, -0.05) is 23.7 Å². The van der Waals surface area contributed by atoms with Crippen LogP contribution in [0.1, 0.15) is 16.8 Å².